The van der Waals surface area contributed by atoms with Crippen LogP contribution in [0.15, 0.2) is 0 Å². The zero-order chi connectivity index (χ0) is 15.5. The molecule has 4 nitrogen and oxygen atoms in total. The lowest BCUT2D eigenvalue weighted by Gasteiger charge is -2.26. The quantitative estimate of drug-likeness (QED) is 0.832. The molecule has 0 saturated carbocycles. The summed E-state index contributed by atoms with van der Waals surface area (Å²) in [6.07, 6.45) is 1.25. The summed E-state index contributed by atoms with van der Waals surface area (Å²) in [5.74, 6) is 0.0603. The Morgan fingerprint density at radius 1 is 1.11 bits per heavy atom. The third kappa shape index (κ3) is 23.0. The van der Waals surface area contributed by atoms with Gasteiger partial charge in [0, 0.05) is 46.2 Å². The molecule has 1 aliphatic rings. The third-order valence-corrected chi connectivity index (χ3v) is 2.01. The Morgan fingerprint density at radius 3 is 1.89 bits per heavy atom. The second-order valence-electron chi connectivity index (χ2n) is 3.78. The fourth-order valence-electron chi connectivity index (χ4n) is 1.32. The Labute approximate surface area is 121 Å². The number of nitrogens with zero attached hydrogens (tertiary/aromatic N) is 1. The first-order chi connectivity index (χ1) is 9.20. The van der Waals surface area contributed by atoms with Crippen molar-refractivity contribution in [3.05, 3.63) is 0 Å². The molecule has 0 atom stereocenters. The highest BCUT2D eigenvalue weighted by atomic mass is 16.1. The molecule has 0 unspecified atom stereocenters. The van der Waals surface area contributed by atoms with Crippen LogP contribution in [-0.4, -0.2) is 50.1 Å². The van der Waals surface area contributed by atoms with Gasteiger partial charge in [0.25, 0.3) is 0 Å². The minimum absolute atomic E-state index is 0.0603. The van der Waals surface area contributed by atoms with Gasteiger partial charge in [-0.25, -0.2) is 0 Å². The molecule has 2 N–H and O–H groups in total. The first-order valence-corrected chi connectivity index (χ1v) is 7.88. The summed E-state index contributed by atoms with van der Waals surface area (Å²) in [6.45, 7) is 19.9. The van der Waals surface area contributed by atoms with Crippen LogP contribution < -0.4 is 10.6 Å². The van der Waals surface area contributed by atoms with Crippen LogP contribution in [0.2, 0.25) is 0 Å². The smallest absolute Gasteiger partial charge is 0.216 e. The van der Waals surface area contributed by atoms with Gasteiger partial charge in [0.05, 0.1) is 0 Å². The highest BCUT2D eigenvalue weighted by Crippen LogP contribution is 1.89. The van der Waals surface area contributed by atoms with Gasteiger partial charge in [-0.2, -0.15) is 0 Å². The summed E-state index contributed by atoms with van der Waals surface area (Å²) in [7, 11) is 0. The summed E-state index contributed by atoms with van der Waals surface area (Å²) in [5, 5.41) is 6.08. The van der Waals surface area contributed by atoms with Crippen LogP contribution in [0.3, 0.4) is 0 Å². The van der Waals surface area contributed by atoms with Crippen molar-refractivity contribution in [1.29, 1.82) is 0 Å². The van der Waals surface area contributed by atoms with Crippen LogP contribution in [-0.2, 0) is 4.79 Å². The normalized spacial score (nSPS) is 13.6. The number of carbonyl (C=O) groups excluding carboxylic acids is 1. The standard InChI is InChI=1S/C8H17N3O.C3H8.2C2H6/c1-8(12)10-4-7-11-5-2-9-3-6-11;1-3-2;2*1-2/h9H,2-7H2,1H3,(H,10,12);3H2,1-2H3;2*1-2H3. The number of rotatable bonds is 3. The highest BCUT2D eigenvalue weighted by molar-refractivity contribution is 5.72. The number of hydrogen-bond acceptors (Lipinski definition) is 3. The predicted octanol–water partition coefficient (Wildman–Crippen LogP) is 2.50. The lowest BCUT2D eigenvalue weighted by Crippen LogP contribution is -2.46. The van der Waals surface area contributed by atoms with Gasteiger partial charge in [-0.3, -0.25) is 9.69 Å². The van der Waals surface area contributed by atoms with Gasteiger partial charge in [-0.05, 0) is 0 Å². The van der Waals surface area contributed by atoms with Crippen molar-refractivity contribution >= 4 is 5.91 Å². The second kappa shape index (κ2) is 22.6. The Bertz CT molecular complexity index is 157. The molecule has 1 aliphatic heterocycles. The summed E-state index contributed by atoms with van der Waals surface area (Å²) >= 11 is 0. The molecule has 1 saturated heterocycles. The van der Waals surface area contributed by atoms with Gasteiger partial charge < -0.3 is 10.6 Å². The fraction of sp³-hybridized carbons (Fsp3) is 0.933. The van der Waals surface area contributed by atoms with E-state index in [9.17, 15) is 4.79 Å². The van der Waals surface area contributed by atoms with E-state index in [4.69, 9.17) is 0 Å². The molecule has 4 heteroatoms. The first kappa shape index (κ1) is 23.5. The molecule has 1 fully saturated rings. The van der Waals surface area contributed by atoms with Crippen LogP contribution in [0.25, 0.3) is 0 Å². The average Bonchev–Trinajstić information content (AvgIpc) is 2.45. The van der Waals surface area contributed by atoms with Crippen LogP contribution >= 0.6 is 0 Å². The number of piperazine rings is 1. The SMILES string of the molecule is CC.CC.CC(=O)NCCN1CCNCC1.CCC. The summed E-state index contributed by atoms with van der Waals surface area (Å²) in [6, 6.07) is 0. The predicted molar refractivity (Wildman–Crippen MR) is 86.7 cm³/mol. The third-order valence-electron chi connectivity index (χ3n) is 2.01. The number of nitrogens with one attached hydrogen (secondary N) is 2. The van der Waals surface area contributed by atoms with Crippen molar-refractivity contribution in [3.8, 4) is 0 Å². The monoisotopic (exact) mass is 275 g/mol. The molecule has 1 amide bonds. The molecule has 0 aromatic carbocycles. The van der Waals surface area contributed by atoms with E-state index in [0.29, 0.717) is 0 Å². The van der Waals surface area contributed by atoms with Gasteiger partial charge in [-0.15, -0.1) is 0 Å². The first-order valence-electron chi connectivity index (χ1n) is 7.88. The van der Waals surface area contributed by atoms with Crippen molar-refractivity contribution in [3.63, 3.8) is 0 Å². The number of carbonyl (C=O) groups is 1. The molecule has 19 heavy (non-hydrogen) atoms. The molecule has 118 valence electrons. The van der Waals surface area contributed by atoms with Crippen molar-refractivity contribution in [2.24, 2.45) is 0 Å². The summed E-state index contributed by atoms with van der Waals surface area (Å²) in [5.41, 5.74) is 0. The maximum absolute atomic E-state index is 10.5. The molecule has 1 heterocycles. The van der Waals surface area contributed by atoms with Gasteiger partial charge in [0.15, 0.2) is 0 Å². The Balaban J connectivity index is -0.000000313. The minimum Gasteiger partial charge on any atom is -0.355 e. The number of hydrogen-bond donors (Lipinski definition) is 2. The van der Waals surface area contributed by atoms with E-state index in [1.54, 1.807) is 6.92 Å². The van der Waals surface area contributed by atoms with Gasteiger partial charge in [0.2, 0.25) is 5.91 Å². The van der Waals surface area contributed by atoms with Crippen LogP contribution in [0.1, 0.15) is 54.9 Å². The number of amides is 1. The molecule has 0 radical (unpaired) electrons. The van der Waals surface area contributed by atoms with E-state index in [-0.39, 0.29) is 5.91 Å². The molecular weight excluding hydrogens is 238 g/mol. The zero-order valence-electron chi connectivity index (χ0n) is 14.3. The van der Waals surface area contributed by atoms with Crippen molar-refractivity contribution in [1.82, 2.24) is 15.5 Å². The maximum atomic E-state index is 10.5. The highest BCUT2D eigenvalue weighted by Gasteiger charge is 2.07. The lowest BCUT2D eigenvalue weighted by molar-refractivity contribution is -0.119. The molecule has 0 spiro atoms. The average molecular weight is 275 g/mol. The Hall–Kier alpha value is -0.610. The van der Waals surface area contributed by atoms with Crippen LogP contribution in [0.5, 0.6) is 0 Å². The maximum Gasteiger partial charge on any atom is 0.216 e. The molecule has 1 rings (SSSR count). The molecule has 0 aliphatic carbocycles. The van der Waals surface area contributed by atoms with E-state index in [1.807, 2.05) is 27.7 Å². The Morgan fingerprint density at radius 2 is 1.53 bits per heavy atom. The van der Waals surface area contributed by atoms with Gasteiger partial charge >= 0.3 is 0 Å². The van der Waals surface area contributed by atoms with Gasteiger partial charge in [0.1, 0.15) is 0 Å². The van der Waals surface area contributed by atoms with Gasteiger partial charge in [-0.1, -0.05) is 48.0 Å². The topological polar surface area (TPSA) is 44.4 Å². The van der Waals surface area contributed by atoms with E-state index in [0.717, 1.165) is 39.3 Å². The van der Waals surface area contributed by atoms with Crippen LogP contribution in [0.4, 0.5) is 0 Å². The van der Waals surface area contributed by atoms with Crippen LogP contribution in [0, 0.1) is 0 Å². The molecule has 0 bridgehead atoms. The van der Waals surface area contributed by atoms with E-state index in [1.165, 1.54) is 6.42 Å². The molecule has 0 aromatic heterocycles. The largest absolute Gasteiger partial charge is 0.355 e. The minimum atomic E-state index is 0.0603. The van der Waals surface area contributed by atoms with E-state index >= 15 is 0 Å². The molecular formula is C15H37N3O. The summed E-state index contributed by atoms with van der Waals surface area (Å²) < 4.78 is 0. The lowest BCUT2D eigenvalue weighted by atomic mass is 10.3. The zero-order valence-corrected chi connectivity index (χ0v) is 14.3. The fourth-order valence-corrected chi connectivity index (χ4v) is 1.32. The second-order valence-corrected chi connectivity index (χ2v) is 3.78. The molecule has 0 aromatic rings. The Kier molecular flexibility index (Phi) is 27.9. The van der Waals surface area contributed by atoms with Crippen molar-refractivity contribution in [2.75, 3.05) is 39.3 Å². The van der Waals surface area contributed by atoms with Crippen molar-refractivity contribution in [2.45, 2.75) is 54.9 Å². The van der Waals surface area contributed by atoms with Crippen molar-refractivity contribution < 1.29 is 4.79 Å². The van der Waals surface area contributed by atoms with E-state index < -0.39 is 0 Å². The summed E-state index contributed by atoms with van der Waals surface area (Å²) in [4.78, 5) is 12.9. The van der Waals surface area contributed by atoms with E-state index in [2.05, 4.69) is 29.4 Å².